The minimum absolute atomic E-state index is 0.173. The van der Waals surface area contributed by atoms with Crippen LogP contribution in [0.2, 0.25) is 0 Å². The number of aromatic nitrogens is 2. The van der Waals surface area contributed by atoms with Crippen molar-refractivity contribution in [2.24, 2.45) is 0 Å². The van der Waals surface area contributed by atoms with Crippen LogP contribution in [0.4, 0.5) is 5.69 Å². The van der Waals surface area contributed by atoms with E-state index < -0.39 is 0 Å². The summed E-state index contributed by atoms with van der Waals surface area (Å²) >= 11 is 1.37. The van der Waals surface area contributed by atoms with Gasteiger partial charge in [-0.1, -0.05) is 6.07 Å². The van der Waals surface area contributed by atoms with Crippen molar-refractivity contribution in [3.63, 3.8) is 0 Å². The number of methoxy groups -OCH3 is 1. The molecule has 23 heavy (non-hydrogen) atoms. The lowest BCUT2D eigenvalue weighted by Gasteiger charge is -2.06. The van der Waals surface area contributed by atoms with E-state index in [0.29, 0.717) is 22.0 Å². The lowest BCUT2D eigenvalue weighted by atomic mass is 10.3. The molecule has 2 heterocycles. The third-order valence-electron chi connectivity index (χ3n) is 3.26. The Morgan fingerprint density at radius 1 is 1.22 bits per heavy atom. The number of benzene rings is 1. The standard InChI is InChI=1S/C17H15N3O2S/c1-11-15(23-17(19-11)12-6-8-18-9-7-12)16(21)20-13-4-3-5-14(10-13)22-2/h3-10H,1-2H3,(H,20,21). The number of pyridine rings is 1. The second-order valence-corrected chi connectivity index (χ2v) is 5.85. The van der Waals surface area contributed by atoms with Crippen molar-refractivity contribution >= 4 is 22.9 Å². The van der Waals surface area contributed by atoms with Crippen molar-refractivity contribution in [3.05, 3.63) is 59.4 Å². The third kappa shape index (κ3) is 3.37. The molecule has 0 atom stereocenters. The van der Waals surface area contributed by atoms with Gasteiger partial charge in [-0.05, 0) is 31.2 Å². The summed E-state index contributed by atoms with van der Waals surface area (Å²) in [6, 6.07) is 11.0. The van der Waals surface area contributed by atoms with Gasteiger partial charge in [0.2, 0.25) is 0 Å². The number of hydrogen-bond donors (Lipinski definition) is 1. The summed E-state index contributed by atoms with van der Waals surface area (Å²) in [5.41, 5.74) is 2.35. The van der Waals surface area contributed by atoms with Crippen LogP contribution in [0.25, 0.3) is 10.6 Å². The second kappa shape index (κ2) is 6.58. The number of thiazole rings is 1. The van der Waals surface area contributed by atoms with E-state index in [0.717, 1.165) is 10.6 Å². The fourth-order valence-electron chi connectivity index (χ4n) is 2.11. The molecule has 3 rings (SSSR count). The van der Waals surface area contributed by atoms with Crippen molar-refractivity contribution in [2.75, 3.05) is 12.4 Å². The third-order valence-corrected chi connectivity index (χ3v) is 4.46. The maximum atomic E-state index is 12.5. The van der Waals surface area contributed by atoms with Crippen LogP contribution in [-0.2, 0) is 0 Å². The van der Waals surface area contributed by atoms with E-state index >= 15 is 0 Å². The Morgan fingerprint density at radius 3 is 2.74 bits per heavy atom. The molecule has 0 fully saturated rings. The highest BCUT2D eigenvalue weighted by Gasteiger charge is 2.16. The Bertz CT molecular complexity index is 831. The smallest absolute Gasteiger partial charge is 0.267 e. The van der Waals surface area contributed by atoms with Crippen LogP contribution in [0.1, 0.15) is 15.4 Å². The first-order chi connectivity index (χ1) is 11.2. The molecule has 3 aromatic rings. The van der Waals surface area contributed by atoms with Crippen molar-refractivity contribution < 1.29 is 9.53 Å². The van der Waals surface area contributed by atoms with E-state index in [1.807, 2.05) is 37.3 Å². The molecular formula is C17H15N3O2S. The molecule has 2 aromatic heterocycles. The van der Waals surface area contributed by atoms with Gasteiger partial charge in [0.05, 0.1) is 12.8 Å². The number of carbonyl (C=O) groups is 1. The lowest BCUT2D eigenvalue weighted by molar-refractivity contribution is 0.103. The van der Waals surface area contributed by atoms with Crippen molar-refractivity contribution in [1.82, 2.24) is 9.97 Å². The molecule has 0 aliphatic carbocycles. The fraction of sp³-hybridized carbons (Fsp3) is 0.118. The number of nitrogens with one attached hydrogen (secondary N) is 1. The zero-order valence-electron chi connectivity index (χ0n) is 12.7. The van der Waals surface area contributed by atoms with E-state index in [4.69, 9.17) is 4.74 Å². The molecular weight excluding hydrogens is 310 g/mol. The van der Waals surface area contributed by atoms with Crippen molar-refractivity contribution in [2.45, 2.75) is 6.92 Å². The van der Waals surface area contributed by atoms with Crippen LogP contribution >= 0.6 is 11.3 Å². The molecule has 1 N–H and O–H groups in total. The molecule has 5 nitrogen and oxygen atoms in total. The summed E-state index contributed by atoms with van der Waals surface area (Å²) in [4.78, 5) is 21.6. The summed E-state index contributed by atoms with van der Waals surface area (Å²) in [5, 5.41) is 3.68. The molecule has 0 saturated carbocycles. The van der Waals surface area contributed by atoms with Crippen LogP contribution < -0.4 is 10.1 Å². The summed E-state index contributed by atoms with van der Waals surface area (Å²) in [6.07, 6.45) is 3.42. The Hall–Kier alpha value is -2.73. The maximum Gasteiger partial charge on any atom is 0.267 e. The Balaban J connectivity index is 1.84. The first-order valence-electron chi connectivity index (χ1n) is 7.00. The van der Waals surface area contributed by atoms with E-state index in [-0.39, 0.29) is 5.91 Å². The molecule has 116 valence electrons. The number of hydrogen-bond acceptors (Lipinski definition) is 5. The van der Waals surface area contributed by atoms with Gasteiger partial charge >= 0.3 is 0 Å². The average Bonchev–Trinajstić information content (AvgIpc) is 2.98. The summed E-state index contributed by atoms with van der Waals surface area (Å²) in [6.45, 7) is 1.84. The number of aryl methyl sites for hydroxylation is 1. The molecule has 1 amide bonds. The quantitative estimate of drug-likeness (QED) is 0.793. The topological polar surface area (TPSA) is 64.1 Å². The van der Waals surface area contributed by atoms with Gasteiger partial charge in [-0.3, -0.25) is 9.78 Å². The lowest BCUT2D eigenvalue weighted by Crippen LogP contribution is -2.11. The van der Waals surface area contributed by atoms with Gasteiger partial charge < -0.3 is 10.1 Å². The number of rotatable bonds is 4. The maximum absolute atomic E-state index is 12.5. The molecule has 0 radical (unpaired) electrons. The van der Waals surface area contributed by atoms with Crippen LogP contribution in [0.3, 0.4) is 0 Å². The molecule has 6 heteroatoms. The average molecular weight is 325 g/mol. The van der Waals surface area contributed by atoms with Gasteiger partial charge in [-0.25, -0.2) is 4.98 Å². The number of carbonyl (C=O) groups excluding carboxylic acids is 1. The van der Waals surface area contributed by atoms with E-state index in [2.05, 4.69) is 15.3 Å². The highest BCUT2D eigenvalue weighted by Crippen LogP contribution is 2.28. The first kappa shape index (κ1) is 15.2. The highest BCUT2D eigenvalue weighted by atomic mass is 32.1. The highest BCUT2D eigenvalue weighted by molar-refractivity contribution is 7.17. The molecule has 0 bridgehead atoms. The van der Waals surface area contributed by atoms with Crippen LogP contribution in [0.5, 0.6) is 5.75 Å². The van der Waals surface area contributed by atoms with E-state index in [1.54, 1.807) is 25.6 Å². The van der Waals surface area contributed by atoms with Gasteiger partial charge in [-0.15, -0.1) is 11.3 Å². The monoisotopic (exact) mass is 325 g/mol. The van der Waals surface area contributed by atoms with E-state index in [1.165, 1.54) is 11.3 Å². The predicted molar refractivity (Wildman–Crippen MR) is 91.0 cm³/mol. The van der Waals surface area contributed by atoms with Gasteiger partial charge in [-0.2, -0.15) is 0 Å². The van der Waals surface area contributed by atoms with Crippen LogP contribution in [0.15, 0.2) is 48.8 Å². The molecule has 0 unspecified atom stereocenters. The summed E-state index contributed by atoms with van der Waals surface area (Å²) in [7, 11) is 1.59. The molecule has 1 aromatic carbocycles. The van der Waals surface area contributed by atoms with E-state index in [9.17, 15) is 4.79 Å². The SMILES string of the molecule is COc1cccc(NC(=O)c2sc(-c3ccncc3)nc2C)c1. The van der Waals surface area contributed by atoms with Gasteiger partial charge in [0.1, 0.15) is 15.6 Å². The first-order valence-corrected chi connectivity index (χ1v) is 7.82. The Morgan fingerprint density at radius 2 is 2.00 bits per heavy atom. The minimum Gasteiger partial charge on any atom is -0.497 e. The molecule has 0 aliphatic rings. The number of ether oxygens (including phenoxy) is 1. The molecule has 0 aliphatic heterocycles. The predicted octanol–water partition coefficient (Wildman–Crippen LogP) is 3.77. The van der Waals surface area contributed by atoms with Crippen molar-refractivity contribution in [1.29, 1.82) is 0 Å². The Kier molecular flexibility index (Phi) is 4.34. The number of anilines is 1. The molecule has 0 spiro atoms. The number of amides is 1. The number of nitrogens with zero attached hydrogens (tertiary/aromatic N) is 2. The minimum atomic E-state index is -0.173. The Labute approximate surface area is 138 Å². The normalized spacial score (nSPS) is 10.3. The zero-order chi connectivity index (χ0) is 16.2. The largest absolute Gasteiger partial charge is 0.497 e. The molecule has 0 saturated heterocycles. The summed E-state index contributed by atoms with van der Waals surface area (Å²) in [5.74, 6) is 0.523. The van der Waals surface area contributed by atoms with Gasteiger partial charge in [0.15, 0.2) is 0 Å². The van der Waals surface area contributed by atoms with Crippen LogP contribution in [-0.4, -0.2) is 23.0 Å². The fourth-order valence-corrected chi connectivity index (χ4v) is 3.08. The van der Waals surface area contributed by atoms with Gasteiger partial charge in [0, 0.05) is 29.7 Å². The van der Waals surface area contributed by atoms with Gasteiger partial charge in [0.25, 0.3) is 5.91 Å². The second-order valence-electron chi connectivity index (χ2n) is 4.86. The van der Waals surface area contributed by atoms with Crippen LogP contribution in [0, 0.1) is 6.92 Å². The van der Waals surface area contributed by atoms with Crippen molar-refractivity contribution in [3.8, 4) is 16.3 Å². The zero-order valence-corrected chi connectivity index (χ0v) is 13.6. The summed E-state index contributed by atoms with van der Waals surface area (Å²) < 4.78 is 5.16.